The summed E-state index contributed by atoms with van der Waals surface area (Å²) in [5.41, 5.74) is 14.0. The number of aromatic amines is 1. The van der Waals surface area contributed by atoms with Crippen LogP contribution in [0.25, 0.3) is 28.3 Å². The Morgan fingerprint density at radius 3 is 2.42 bits per heavy atom. The number of hydrogen-bond acceptors (Lipinski definition) is 13. The molecule has 2 atom stereocenters. The number of nitrogens with one attached hydrogen (secondary N) is 6. The second-order valence-electron chi connectivity index (χ2n) is 19.0. The van der Waals surface area contributed by atoms with E-state index in [0.29, 0.717) is 68.8 Å². The van der Waals surface area contributed by atoms with E-state index in [9.17, 15) is 33.6 Å². The Kier molecular flexibility index (Phi) is 17.4. The van der Waals surface area contributed by atoms with Gasteiger partial charge < -0.3 is 46.9 Å². The maximum absolute atomic E-state index is 13.7. The van der Waals surface area contributed by atoms with Gasteiger partial charge in [-0.2, -0.15) is 5.10 Å². The number of primary amides is 1. The molecule has 0 saturated carbocycles. The van der Waals surface area contributed by atoms with Crippen LogP contribution in [-0.4, -0.2) is 113 Å². The summed E-state index contributed by atoms with van der Waals surface area (Å²) < 4.78 is 7.50. The molecule has 0 bridgehead atoms. The quantitative estimate of drug-likeness (QED) is 0.0317. The number of benzene rings is 2. The van der Waals surface area contributed by atoms with Gasteiger partial charge in [0.25, 0.3) is 11.8 Å². The van der Waals surface area contributed by atoms with Gasteiger partial charge in [-0.1, -0.05) is 50.6 Å². The molecule has 8 N–H and O–H groups in total. The molecular formula is C54H62N14O8. The molecule has 0 radical (unpaired) electrons. The first-order valence-corrected chi connectivity index (χ1v) is 25.3. The highest BCUT2D eigenvalue weighted by Crippen LogP contribution is 2.31. The van der Waals surface area contributed by atoms with Crippen molar-refractivity contribution in [3.8, 4) is 22.6 Å². The van der Waals surface area contributed by atoms with Crippen molar-refractivity contribution in [2.45, 2.75) is 97.5 Å². The number of carbonyl (C=O) groups excluding carboxylic acids is 7. The first-order valence-electron chi connectivity index (χ1n) is 25.3. The van der Waals surface area contributed by atoms with Crippen molar-refractivity contribution in [3.63, 3.8) is 0 Å². The lowest BCUT2D eigenvalue weighted by molar-refractivity contribution is -0.137. The van der Waals surface area contributed by atoms with Gasteiger partial charge in [-0.25, -0.2) is 24.1 Å². The van der Waals surface area contributed by atoms with Crippen molar-refractivity contribution in [2.24, 2.45) is 11.7 Å². The summed E-state index contributed by atoms with van der Waals surface area (Å²) >= 11 is 0. The number of imidazole rings is 1. The van der Waals surface area contributed by atoms with Crippen LogP contribution >= 0.6 is 0 Å². The molecule has 4 aromatic heterocycles. The fourth-order valence-corrected chi connectivity index (χ4v) is 8.98. The van der Waals surface area contributed by atoms with E-state index in [0.717, 1.165) is 55.7 Å². The number of aryl methyl sites for hydroxylation is 1. The number of imide groups is 1. The Morgan fingerprint density at radius 2 is 1.66 bits per heavy atom. The highest BCUT2D eigenvalue weighted by atomic mass is 16.6. The number of rotatable bonds is 23. The molecule has 8 amide bonds. The van der Waals surface area contributed by atoms with Crippen molar-refractivity contribution in [3.05, 3.63) is 126 Å². The first kappa shape index (κ1) is 53.3. The summed E-state index contributed by atoms with van der Waals surface area (Å²) in [5.74, 6) is -1.78. The van der Waals surface area contributed by atoms with Crippen LogP contribution in [0.4, 0.5) is 21.0 Å². The fourth-order valence-electron chi connectivity index (χ4n) is 8.98. The van der Waals surface area contributed by atoms with Gasteiger partial charge in [0, 0.05) is 67.0 Å². The van der Waals surface area contributed by atoms with Gasteiger partial charge in [0.15, 0.2) is 5.65 Å². The molecule has 0 spiro atoms. The average Bonchev–Trinajstić information content (AvgIpc) is 4.15. The normalized spacial score (nSPS) is 13.8. The zero-order valence-corrected chi connectivity index (χ0v) is 42.6. The number of amides is 8. The largest absolute Gasteiger partial charge is 0.445 e. The van der Waals surface area contributed by atoms with Crippen LogP contribution in [0.15, 0.2) is 97.5 Å². The maximum atomic E-state index is 13.7. The van der Waals surface area contributed by atoms with E-state index in [1.54, 1.807) is 47.5 Å². The Bertz CT molecular complexity index is 3110. The minimum atomic E-state index is -1.04. The molecule has 2 aliphatic heterocycles. The summed E-state index contributed by atoms with van der Waals surface area (Å²) in [6.07, 6.45) is 8.18. The molecule has 0 fully saturated rings. The van der Waals surface area contributed by atoms with E-state index in [-0.39, 0.29) is 56.2 Å². The summed E-state index contributed by atoms with van der Waals surface area (Å²) in [4.78, 5) is 109. The zero-order chi connectivity index (χ0) is 53.7. The van der Waals surface area contributed by atoms with Crippen molar-refractivity contribution in [2.75, 3.05) is 30.3 Å². The van der Waals surface area contributed by atoms with Crippen LogP contribution in [0.2, 0.25) is 0 Å². The summed E-state index contributed by atoms with van der Waals surface area (Å²) in [5, 5.41) is 18.7. The van der Waals surface area contributed by atoms with E-state index in [4.69, 9.17) is 20.4 Å². The van der Waals surface area contributed by atoms with E-state index in [2.05, 4.69) is 47.7 Å². The molecule has 2 aromatic carbocycles. The third-order valence-electron chi connectivity index (χ3n) is 13.1. The van der Waals surface area contributed by atoms with Gasteiger partial charge in [0.1, 0.15) is 30.8 Å². The third kappa shape index (κ3) is 13.8. The molecule has 0 saturated heterocycles. The second kappa shape index (κ2) is 24.9. The molecule has 2 unspecified atom stereocenters. The van der Waals surface area contributed by atoms with Crippen LogP contribution in [0.3, 0.4) is 0 Å². The molecule has 76 heavy (non-hydrogen) atoms. The Labute approximate surface area is 438 Å². The van der Waals surface area contributed by atoms with E-state index in [1.165, 1.54) is 18.5 Å². The van der Waals surface area contributed by atoms with Crippen LogP contribution in [0.5, 0.6) is 0 Å². The van der Waals surface area contributed by atoms with Gasteiger partial charge in [0.05, 0.1) is 30.2 Å². The summed E-state index contributed by atoms with van der Waals surface area (Å²) in [6.45, 7) is 7.06. The number of urea groups is 1. The van der Waals surface area contributed by atoms with E-state index in [1.807, 2.05) is 55.6 Å². The fraction of sp³-hybridized carbons (Fsp3) is 0.352. The van der Waals surface area contributed by atoms with Crippen LogP contribution in [0.1, 0.15) is 80.6 Å². The predicted octanol–water partition coefficient (Wildman–Crippen LogP) is 5.29. The number of nitrogens with zero attached hydrogens (tertiary/aromatic N) is 7. The standard InChI is InChI=1S/C54H62N14O8/c1-33(2)48(65-45(69)15-5-4-6-26-67-46(70)22-23-47(67)71)52(73)62-42(14-9-25-56-53(55)74)51(72)61-38-19-16-35(17-20-38)31-76-54(75)66-27-24-36-11-8-12-40(39(36)30-66)57-28-43-63-49(37-18-21-44-58-32-59-68(44)29-37)50(64-43)41-13-7-10-34(3)60-41/h7-8,10-13,16-23,29,32-33,42,48,57H,4-6,9,14-15,24-28,30-31H2,1-3H3,(H,61,72)(H,62,73)(H,63,64)(H,65,69)(H3,55,56,74). The number of ether oxygens (including phenoxy) is 1. The number of fused-ring (bicyclic) bond motifs is 2. The molecule has 22 nitrogen and oxygen atoms in total. The van der Waals surface area contributed by atoms with Crippen molar-refractivity contribution < 1.29 is 38.3 Å². The van der Waals surface area contributed by atoms with Gasteiger partial charge in [-0.15, -0.1) is 0 Å². The lowest BCUT2D eigenvalue weighted by atomic mass is 9.98. The summed E-state index contributed by atoms with van der Waals surface area (Å²) in [7, 11) is 0. The topological polar surface area (TPSA) is 293 Å². The molecule has 6 heterocycles. The minimum Gasteiger partial charge on any atom is -0.445 e. The number of unbranched alkanes of at least 4 members (excludes halogenated alkanes) is 2. The SMILES string of the molecule is Cc1cccc(-c2[nH]c(CNc3cccc4c3CN(C(=O)OCc3ccc(NC(=O)C(CCCNC(N)=O)NC(=O)C(NC(=O)CCCCCN5C(=O)C=CC5=O)C(C)C)cc3)CC4)nc2-c2ccc3ncnn3c2)n1. The first-order chi connectivity index (χ1) is 36.7. The average molecular weight is 1040 g/mol. The number of H-pyrrole nitrogens is 1. The number of hydrogen-bond donors (Lipinski definition) is 7. The van der Waals surface area contributed by atoms with E-state index >= 15 is 0 Å². The van der Waals surface area contributed by atoms with E-state index < -0.39 is 36.0 Å². The number of aromatic nitrogens is 6. The Balaban J connectivity index is 0.835. The zero-order valence-electron chi connectivity index (χ0n) is 42.6. The van der Waals surface area contributed by atoms with Crippen molar-refractivity contribution in [1.82, 2.24) is 55.3 Å². The Hall–Kier alpha value is -8.95. The van der Waals surface area contributed by atoms with Gasteiger partial charge in [0.2, 0.25) is 17.7 Å². The molecular weight excluding hydrogens is 973 g/mol. The van der Waals surface area contributed by atoms with Crippen molar-refractivity contribution >= 4 is 58.7 Å². The molecule has 8 rings (SSSR count). The van der Waals surface area contributed by atoms with Gasteiger partial charge in [-0.3, -0.25) is 33.9 Å². The predicted molar refractivity (Wildman–Crippen MR) is 282 cm³/mol. The second-order valence-corrected chi connectivity index (χ2v) is 19.0. The van der Waals surface area contributed by atoms with Crippen LogP contribution < -0.4 is 32.3 Å². The monoisotopic (exact) mass is 1030 g/mol. The third-order valence-corrected chi connectivity index (χ3v) is 13.1. The molecule has 0 aliphatic carbocycles. The number of anilines is 2. The highest BCUT2D eigenvalue weighted by molar-refractivity contribution is 6.12. The minimum absolute atomic E-state index is 0.0225. The number of nitrogens with two attached hydrogens (primary N) is 1. The van der Waals surface area contributed by atoms with Crippen LogP contribution in [-0.2, 0) is 54.8 Å². The molecule has 2 aliphatic rings. The number of carbonyl (C=O) groups is 7. The maximum Gasteiger partial charge on any atom is 0.410 e. The highest BCUT2D eigenvalue weighted by Gasteiger charge is 2.30. The smallest absolute Gasteiger partial charge is 0.410 e. The van der Waals surface area contributed by atoms with Gasteiger partial charge >= 0.3 is 12.1 Å². The van der Waals surface area contributed by atoms with Crippen molar-refractivity contribution in [1.29, 1.82) is 0 Å². The lowest BCUT2D eigenvalue weighted by Gasteiger charge is -2.30. The molecule has 22 heteroatoms. The molecule has 6 aromatic rings. The molecule has 396 valence electrons. The van der Waals surface area contributed by atoms with Gasteiger partial charge in [-0.05, 0) is 104 Å². The summed E-state index contributed by atoms with van der Waals surface area (Å²) in [6, 6.07) is 19.8. The van der Waals surface area contributed by atoms with Crippen LogP contribution in [0, 0.1) is 12.8 Å². The number of pyridine rings is 2. The Morgan fingerprint density at radius 1 is 0.868 bits per heavy atom. The lowest BCUT2D eigenvalue weighted by Crippen LogP contribution is -2.54.